The van der Waals surface area contributed by atoms with Crippen LogP contribution in [0.3, 0.4) is 0 Å². The SMILES string of the molecule is Brc1ccccc1C(c1ccncc1)N1CCNCC1. The lowest BCUT2D eigenvalue weighted by Gasteiger charge is -2.36. The first kappa shape index (κ1) is 13.7. The van der Waals surface area contributed by atoms with E-state index in [0.717, 1.165) is 26.2 Å². The molecule has 0 amide bonds. The molecule has 1 saturated heterocycles. The topological polar surface area (TPSA) is 28.2 Å². The van der Waals surface area contributed by atoms with Gasteiger partial charge in [0, 0.05) is 43.0 Å². The van der Waals surface area contributed by atoms with Crippen LogP contribution < -0.4 is 5.32 Å². The third kappa shape index (κ3) is 2.92. The Hall–Kier alpha value is -1.23. The van der Waals surface area contributed by atoms with Crippen LogP contribution in [0.1, 0.15) is 17.2 Å². The zero-order valence-corrected chi connectivity index (χ0v) is 12.9. The monoisotopic (exact) mass is 331 g/mol. The fourth-order valence-electron chi connectivity index (χ4n) is 2.77. The van der Waals surface area contributed by atoms with Gasteiger partial charge in [-0.1, -0.05) is 34.1 Å². The Bertz CT molecular complexity index is 553. The number of nitrogens with zero attached hydrogens (tertiary/aromatic N) is 2. The predicted molar refractivity (Wildman–Crippen MR) is 84.7 cm³/mol. The quantitative estimate of drug-likeness (QED) is 0.937. The van der Waals surface area contributed by atoms with E-state index in [4.69, 9.17) is 0 Å². The molecule has 104 valence electrons. The van der Waals surface area contributed by atoms with E-state index in [2.05, 4.69) is 67.5 Å². The average Bonchev–Trinajstić information content (AvgIpc) is 2.52. The van der Waals surface area contributed by atoms with Crippen LogP contribution in [0.25, 0.3) is 0 Å². The van der Waals surface area contributed by atoms with Gasteiger partial charge in [-0.3, -0.25) is 9.88 Å². The van der Waals surface area contributed by atoms with Gasteiger partial charge in [-0.05, 0) is 29.3 Å². The van der Waals surface area contributed by atoms with E-state index >= 15 is 0 Å². The maximum absolute atomic E-state index is 4.15. The molecule has 1 N–H and O–H groups in total. The molecule has 0 radical (unpaired) electrons. The second-order valence-electron chi connectivity index (χ2n) is 4.99. The van der Waals surface area contributed by atoms with Crippen molar-refractivity contribution in [2.75, 3.05) is 26.2 Å². The Morgan fingerprint density at radius 3 is 2.45 bits per heavy atom. The van der Waals surface area contributed by atoms with Crippen molar-refractivity contribution in [2.24, 2.45) is 0 Å². The predicted octanol–water partition coefficient (Wildman–Crippen LogP) is 2.84. The van der Waals surface area contributed by atoms with Crippen molar-refractivity contribution >= 4 is 15.9 Å². The summed E-state index contributed by atoms with van der Waals surface area (Å²) < 4.78 is 1.17. The lowest BCUT2D eigenvalue weighted by atomic mass is 9.97. The average molecular weight is 332 g/mol. The van der Waals surface area contributed by atoms with Gasteiger partial charge < -0.3 is 5.32 Å². The van der Waals surface area contributed by atoms with Crippen LogP contribution in [0.5, 0.6) is 0 Å². The lowest BCUT2D eigenvalue weighted by Crippen LogP contribution is -2.45. The molecule has 1 aliphatic rings. The van der Waals surface area contributed by atoms with Crippen LogP contribution in [0.2, 0.25) is 0 Å². The van der Waals surface area contributed by atoms with E-state index in [1.165, 1.54) is 15.6 Å². The lowest BCUT2D eigenvalue weighted by molar-refractivity contribution is 0.198. The number of piperazine rings is 1. The van der Waals surface area contributed by atoms with Gasteiger partial charge in [0.25, 0.3) is 0 Å². The summed E-state index contributed by atoms with van der Waals surface area (Å²) in [6.45, 7) is 4.22. The number of nitrogens with one attached hydrogen (secondary N) is 1. The minimum Gasteiger partial charge on any atom is -0.314 e. The van der Waals surface area contributed by atoms with E-state index in [9.17, 15) is 0 Å². The Balaban J connectivity index is 2.01. The molecule has 3 nitrogen and oxygen atoms in total. The summed E-state index contributed by atoms with van der Waals surface area (Å²) in [5, 5.41) is 3.42. The zero-order valence-electron chi connectivity index (χ0n) is 11.3. The summed E-state index contributed by atoms with van der Waals surface area (Å²) in [7, 11) is 0. The summed E-state index contributed by atoms with van der Waals surface area (Å²) in [5.74, 6) is 0. The van der Waals surface area contributed by atoms with Crippen molar-refractivity contribution in [3.05, 3.63) is 64.4 Å². The van der Waals surface area contributed by atoms with Gasteiger partial charge in [-0.15, -0.1) is 0 Å². The van der Waals surface area contributed by atoms with Crippen molar-refractivity contribution < 1.29 is 0 Å². The Morgan fingerprint density at radius 2 is 1.75 bits per heavy atom. The van der Waals surface area contributed by atoms with Gasteiger partial charge in [0.05, 0.1) is 6.04 Å². The normalized spacial score (nSPS) is 17.9. The number of rotatable bonds is 3. The third-order valence-electron chi connectivity index (χ3n) is 3.74. The van der Waals surface area contributed by atoms with E-state index in [1.807, 2.05) is 12.4 Å². The Kier molecular flexibility index (Phi) is 4.45. The molecular formula is C16H18BrN3. The van der Waals surface area contributed by atoms with Crippen molar-refractivity contribution in [1.82, 2.24) is 15.2 Å². The molecule has 2 aromatic rings. The number of hydrogen-bond acceptors (Lipinski definition) is 3. The van der Waals surface area contributed by atoms with E-state index < -0.39 is 0 Å². The van der Waals surface area contributed by atoms with Crippen LogP contribution in [-0.2, 0) is 0 Å². The fraction of sp³-hybridized carbons (Fsp3) is 0.312. The molecule has 0 spiro atoms. The molecule has 1 unspecified atom stereocenters. The summed E-state index contributed by atoms with van der Waals surface area (Å²) in [6.07, 6.45) is 3.75. The van der Waals surface area contributed by atoms with Crippen LogP contribution in [0.15, 0.2) is 53.3 Å². The first-order chi connectivity index (χ1) is 9.86. The van der Waals surface area contributed by atoms with E-state index in [0.29, 0.717) is 0 Å². The summed E-state index contributed by atoms with van der Waals surface area (Å²) in [4.78, 5) is 6.68. The summed E-state index contributed by atoms with van der Waals surface area (Å²) in [6, 6.07) is 13.0. The molecule has 0 bridgehead atoms. The molecule has 4 heteroatoms. The van der Waals surface area contributed by atoms with Gasteiger partial charge in [-0.2, -0.15) is 0 Å². The van der Waals surface area contributed by atoms with Crippen molar-refractivity contribution in [3.8, 4) is 0 Å². The molecule has 3 rings (SSSR count). The molecule has 1 aromatic heterocycles. The highest BCUT2D eigenvalue weighted by molar-refractivity contribution is 9.10. The second-order valence-corrected chi connectivity index (χ2v) is 5.84. The number of halogens is 1. The first-order valence-corrected chi connectivity index (χ1v) is 7.74. The highest BCUT2D eigenvalue weighted by Gasteiger charge is 2.25. The highest BCUT2D eigenvalue weighted by atomic mass is 79.9. The Labute approximate surface area is 128 Å². The highest BCUT2D eigenvalue weighted by Crippen LogP contribution is 2.33. The van der Waals surface area contributed by atoms with E-state index in [-0.39, 0.29) is 6.04 Å². The van der Waals surface area contributed by atoms with Gasteiger partial charge in [-0.25, -0.2) is 0 Å². The van der Waals surface area contributed by atoms with Crippen LogP contribution in [0.4, 0.5) is 0 Å². The maximum atomic E-state index is 4.15. The fourth-order valence-corrected chi connectivity index (χ4v) is 3.27. The van der Waals surface area contributed by atoms with Crippen LogP contribution in [-0.4, -0.2) is 36.1 Å². The molecule has 2 heterocycles. The van der Waals surface area contributed by atoms with Gasteiger partial charge in [0.15, 0.2) is 0 Å². The summed E-state index contributed by atoms with van der Waals surface area (Å²) in [5.41, 5.74) is 2.62. The number of hydrogen-bond donors (Lipinski definition) is 1. The molecule has 1 aliphatic heterocycles. The standard InChI is InChI=1S/C16H18BrN3/c17-15-4-2-1-3-14(15)16(13-5-7-18-8-6-13)20-11-9-19-10-12-20/h1-8,16,19H,9-12H2. The second kappa shape index (κ2) is 6.48. The van der Waals surface area contributed by atoms with Crippen LogP contribution in [0, 0.1) is 0 Å². The smallest absolute Gasteiger partial charge is 0.0614 e. The number of pyridine rings is 1. The maximum Gasteiger partial charge on any atom is 0.0614 e. The van der Waals surface area contributed by atoms with Gasteiger partial charge >= 0.3 is 0 Å². The Morgan fingerprint density at radius 1 is 1.05 bits per heavy atom. The first-order valence-electron chi connectivity index (χ1n) is 6.95. The molecular weight excluding hydrogens is 314 g/mol. The number of benzene rings is 1. The third-order valence-corrected chi connectivity index (χ3v) is 4.46. The van der Waals surface area contributed by atoms with Crippen molar-refractivity contribution in [3.63, 3.8) is 0 Å². The van der Waals surface area contributed by atoms with Crippen LogP contribution >= 0.6 is 15.9 Å². The zero-order chi connectivity index (χ0) is 13.8. The summed E-state index contributed by atoms with van der Waals surface area (Å²) >= 11 is 3.70. The molecule has 1 atom stereocenters. The largest absolute Gasteiger partial charge is 0.314 e. The molecule has 0 aliphatic carbocycles. The number of aromatic nitrogens is 1. The van der Waals surface area contributed by atoms with Gasteiger partial charge in [0.2, 0.25) is 0 Å². The molecule has 1 fully saturated rings. The minimum absolute atomic E-state index is 0.288. The molecule has 20 heavy (non-hydrogen) atoms. The van der Waals surface area contributed by atoms with Crippen molar-refractivity contribution in [1.29, 1.82) is 0 Å². The molecule has 1 aromatic carbocycles. The van der Waals surface area contributed by atoms with Crippen molar-refractivity contribution in [2.45, 2.75) is 6.04 Å². The van der Waals surface area contributed by atoms with Gasteiger partial charge in [0.1, 0.15) is 0 Å². The van der Waals surface area contributed by atoms with E-state index in [1.54, 1.807) is 0 Å². The minimum atomic E-state index is 0.288. The molecule has 0 saturated carbocycles.